The number of nitrogens with zero attached hydrogens (tertiary/aromatic N) is 2. The van der Waals surface area contributed by atoms with E-state index in [2.05, 4.69) is 17.6 Å². The van der Waals surface area contributed by atoms with Crippen LogP contribution in [0, 0.1) is 0 Å². The Morgan fingerprint density at radius 3 is 2.18 bits per heavy atom. The number of aliphatic hydroxyl groups excluding tert-OH is 2. The van der Waals surface area contributed by atoms with E-state index in [0.29, 0.717) is 0 Å². The van der Waals surface area contributed by atoms with Crippen LogP contribution in [-0.2, 0) is 7.05 Å². The highest BCUT2D eigenvalue weighted by Gasteiger charge is 1.85. The zero-order valence-electron chi connectivity index (χ0n) is 6.30. The molecule has 0 unspecified atom stereocenters. The van der Waals surface area contributed by atoms with Crippen LogP contribution in [-0.4, -0.2) is 33.0 Å². The summed E-state index contributed by atoms with van der Waals surface area (Å²) in [6, 6.07) is 0. The summed E-state index contributed by atoms with van der Waals surface area (Å²) in [5.41, 5.74) is 0. The van der Waals surface area contributed by atoms with E-state index in [1.54, 1.807) is 6.20 Å². The Hall–Kier alpha value is -0.520. The van der Waals surface area contributed by atoms with Gasteiger partial charge in [-0.2, -0.15) is 0 Å². The summed E-state index contributed by atoms with van der Waals surface area (Å²) in [5.74, 6) is 0. The van der Waals surface area contributed by atoms with Crippen LogP contribution in [0.1, 0.15) is 0 Å². The highest BCUT2D eigenvalue weighted by atomic mass is 32.1. The number of hydrogen-bond acceptors (Lipinski definition) is 4. The first-order valence-corrected chi connectivity index (χ1v) is 3.55. The first kappa shape index (κ1) is 10.5. The third kappa shape index (κ3) is 4.83. The van der Waals surface area contributed by atoms with Crippen molar-refractivity contribution >= 4 is 12.6 Å². The van der Waals surface area contributed by atoms with E-state index in [9.17, 15) is 0 Å². The molecule has 0 amide bonds. The molecule has 0 bridgehead atoms. The van der Waals surface area contributed by atoms with Gasteiger partial charge in [-0.1, -0.05) is 0 Å². The molecule has 1 aromatic heterocycles. The van der Waals surface area contributed by atoms with Gasteiger partial charge in [0.15, 0.2) is 5.16 Å². The second-order valence-corrected chi connectivity index (χ2v) is 2.19. The number of thiol groups is 1. The fraction of sp³-hybridized carbons (Fsp3) is 0.500. The van der Waals surface area contributed by atoms with E-state index >= 15 is 0 Å². The molecule has 11 heavy (non-hydrogen) atoms. The molecule has 0 radical (unpaired) electrons. The van der Waals surface area contributed by atoms with Crippen LogP contribution in [0.25, 0.3) is 0 Å². The molecule has 0 atom stereocenters. The van der Waals surface area contributed by atoms with Crippen molar-refractivity contribution in [2.45, 2.75) is 5.16 Å². The van der Waals surface area contributed by atoms with E-state index in [-0.39, 0.29) is 13.2 Å². The number of hydrogen-bond donors (Lipinski definition) is 3. The Kier molecular flexibility index (Phi) is 5.91. The second kappa shape index (κ2) is 6.21. The molecular formula is C6H12N2O2S. The Balaban J connectivity index is 0.000000218. The summed E-state index contributed by atoms with van der Waals surface area (Å²) in [6.45, 7) is -0.250. The maximum atomic E-state index is 7.62. The zero-order valence-corrected chi connectivity index (χ0v) is 7.20. The Labute approximate surface area is 70.9 Å². The maximum Gasteiger partial charge on any atom is 0.164 e. The smallest absolute Gasteiger partial charge is 0.164 e. The second-order valence-electron chi connectivity index (χ2n) is 1.79. The van der Waals surface area contributed by atoms with Gasteiger partial charge in [0.2, 0.25) is 0 Å². The first-order chi connectivity index (χ1) is 5.22. The molecule has 4 nitrogen and oxygen atoms in total. The number of aromatic nitrogens is 2. The highest BCUT2D eigenvalue weighted by molar-refractivity contribution is 7.80. The van der Waals surface area contributed by atoms with Crippen molar-refractivity contribution in [3.8, 4) is 0 Å². The molecule has 1 aromatic rings. The van der Waals surface area contributed by atoms with E-state index in [0.717, 1.165) is 5.16 Å². The minimum absolute atomic E-state index is 0.125. The number of aliphatic hydroxyl groups is 2. The molecule has 1 rings (SSSR count). The third-order valence-corrected chi connectivity index (χ3v) is 1.33. The molecular weight excluding hydrogens is 164 g/mol. The van der Waals surface area contributed by atoms with Crippen molar-refractivity contribution in [2.24, 2.45) is 7.05 Å². The number of rotatable bonds is 1. The molecule has 0 spiro atoms. The minimum Gasteiger partial charge on any atom is -0.394 e. The van der Waals surface area contributed by atoms with Gasteiger partial charge in [-0.15, -0.1) is 12.6 Å². The van der Waals surface area contributed by atoms with Gasteiger partial charge >= 0.3 is 0 Å². The van der Waals surface area contributed by atoms with Crippen molar-refractivity contribution < 1.29 is 10.2 Å². The molecule has 0 saturated carbocycles. The van der Waals surface area contributed by atoms with E-state index in [1.165, 1.54) is 0 Å². The van der Waals surface area contributed by atoms with Gasteiger partial charge in [0.25, 0.3) is 0 Å². The molecule has 0 aliphatic heterocycles. The van der Waals surface area contributed by atoms with Crippen LogP contribution in [0.5, 0.6) is 0 Å². The predicted octanol–water partition coefficient (Wildman–Crippen LogP) is -0.320. The molecule has 0 saturated heterocycles. The largest absolute Gasteiger partial charge is 0.394 e. The van der Waals surface area contributed by atoms with Crippen LogP contribution in [0.15, 0.2) is 17.6 Å². The highest BCUT2D eigenvalue weighted by Crippen LogP contribution is 1.96. The van der Waals surface area contributed by atoms with Gasteiger partial charge in [-0.3, -0.25) is 0 Å². The summed E-state index contributed by atoms with van der Waals surface area (Å²) < 4.78 is 1.84. The van der Waals surface area contributed by atoms with Crippen molar-refractivity contribution in [2.75, 3.05) is 13.2 Å². The summed E-state index contributed by atoms with van der Waals surface area (Å²) in [7, 11) is 1.90. The van der Waals surface area contributed by atoms with Crippen molar-refractivity contribution in [1.29, 1.82) is 0 Å². The van der Waals surface area contributed by atoms with E-state index < -0.39 is 0 Å². The Bertz CT molecular complexity index is 172. The molecule has 0 aliphatic rings. The summed E-state index contributed by atoms with van der Waals surface area (Å²) in [5, 5.41) is 16.0. The molecule has 2 N–H and O–H groups in total. The topological polar surface area (TPSA) is 58.3 Å². The molecule has 0 fully saturated rings. The van der Waals surface area contributed by atoms with Crippen LogP contribution < -0.4 is 0 Å². The Morgan fingerprint density at radius 1 is 1.55 bits per heavy atom. The predicted molar refractivity (Wildman–Crippen MR) is 44.6 cm³/mol. The summed E-state index contributed by atoms with van der Waals surface area (Å²) in [4.78, 5) is 3.84. The van der Waals surface area contributed by atoms with Gasteiger partial charge in [0.1, 0.15) is 0 Å². The molecule has 0 aliphatic carbocycles. The fourth-order valence-electron chi connectivity index (χ4n) is 0.358. The van der Waals surface area contributed by atoms with Gasteiger partial charge in [0.05, 0.1) is 13.2 Å². The van der Waals surface area contributed by atoms with Gasteiger partial charge < -0.3 is 14.8 Å². The van der Waals surface area contributed by atoms with Gasteiger partial charge in [-0.25, -0.2) is 4.98 Å². The monoisotopic (exact) mass is 176 g/mol. The van der Waals surface area contributed by atoms with Crippen LogP contribution in [0.3, 0.4) is 0 Å². The Morgan fingerprint density at radius 2 is 2.09 bits per heavy atom. The third-order valence-electron chi connectivity index (χ3n) is 0.896. The van der Waals surface area contributed by atoms with Gasteiger partial charge in [0, 0.05) is 19.4 Å². The maximum absolute atomic E-state index is 7.62. The number of aryl methyl sites for hydroxylation is 1. The van der Waals surface area contributed by atoms with Crippen LogP contribution in [0.4, 0.5) is 0 Å². The lowest BCUT2D eigenvalue weighted by Crippen LogP contribution is -1.85. The van der Waals surface area contributed by atoms with Crippen molar-refractivity contribution in [3.05, 3.63) is 12.4 Å². The van der Waals surface area contributed by atoms with Gasteiger partial charge in [-0.05, 0) is 0 Å². The molecule has 64 valence electrons. The lowest BCUT2D eigenvalue weighted by molar-refractivity contribution is 0.186. The fourth-order valence-corrected chi connectivity index (χ4v) is 0.491. The average molecular weight is 176 g/mol. The minimum atomic E-state index is -0.125. The summed E-state index contributed by atoms with van der Waals surface area (Å²) >= 11 is 4.00. The average Bonchev–Trinajstić information content (AvgIpc) is 2.37. The SMILES string of the molecule is Cn1ccnc1S.OCCO. The van der Waals surface area contributed by atoms with Crippen molar-refractivity contribution in [1.82, 2.24) is 9.55 Å². The first-order valence-electron chi connectivity index (χ1n) is 3.10. The van der Waals surface area contributed by atoms with Crippen molar-refractivity contribution in [3.63, 3.8) is 0 Å². The number of imidazole rings is 1. The quantitative estimate of drug-likeness (QED) is 0.514. The summed E-state index contributed by atoms with van der Waals surface area (Å²) in [6.07, 6.45) is 3.56. The lowest BCUT2D eigenvalue weighted by atomic mass is 10.8. The van der Waals surface area contributed by atoms with Crippen LogP contribution in [0.2, 0.25) is 0 Å². The van der Waals surface area contributed by atoms with E-state index in [1.807, 2.05) is 17.8 Å². The molecule has 0 aromatic carbocycles. The lowest BCUT2D eigenvalue weighted by Gasteiger charge is -1.86. The normalized spacial score (nSPS) is 8.73. The zero-order chi connectivity index (χ0) is 8.69. The molecule has 5 heteroatoms. The van der Waals surface area contributed by atoms with E-state index in [4.69, 9.17) is 10.2 Å². The van der Waals surface area contributed by atoms with Crippen LogP contribution >= 0.6 is 12.6 Å². The molecule has 1 heterocycles. The standard InChI is InChI=1S/C4H6N2S.C2H6O2/c1-6-3-2-5-4(6)7;3-1-2-4/h2-3H,1H3,(H,5,7);3-4H,1-2H2.